The summed E-state index contributed by atoms with van der Waals surface area (Å²) in [6.07, 6.45) is 1.76. The number of rotatable bonds is 1. The average Bonchev–Trinajstić information content (AvgIpc) is 2.47. The van der Waals surface area contributed by atoms with E-state index in [1.165, 1.54) is 0 Å². The molecular weight excluding hydrogens is 148 g/mol. The predicted molar refractivity (Wildman–Crippen MR) is 50.9 cm³/mol. The van der Waals surface area contributed by atoms with Crippen LogP contribution < -0.4 is 0 Å². The van der Waals surface area contributed by atoms with Crippen LogP contribution in [0.25, 0.3) is 16.5 Å². The standard InChI is InChI=1S/C11H10O/c1-8(2)10-7-12-11-6-4-3-5-9(10)11/h3-7H,1H2,2H3. The summed E-state index contributed by atoms with van der Waals surface area (Å²) in [4.78, 5) is 0. The van der Waals surface area contributed by atoms with E-state index in [1.54, 1.807) is 6.26 Å². The van der Waals surface area contributed by atoms with Crippen molar-refractivity contribution in [1.82, 2.24) is 0 Å². The third-order valence-corrected chi connectivity index (χ3v) is 1.94. The van der Waals surface area contributed by atoms with Crippen LogP contribution in [0.1, 0.15) is 12.5 Å². The van der Waals surface area contributed by atoms with Crippen LogP contribution in [0.15, 0.2) is 41.5 Å². The van der Waals surface area contributed by atoms with Crippen molar-refractivity contribution in [3.05, 3.63) is 42.7 Å². The second-order valence-electron chi connectivity index (χ2n) is 2.93. The molecule has 2 rings (SSSR count). The molecule has 1 heteroatoms. The molecule has 1 aromatic carbocycles. The molecule has 0 atom stereocenters. The van der Waals surface area contributed by atoms with E-state index >= 15 is 0 Å². The number of allylic oxidation sites excluding steroid dienone is 1. The number of fused-ring (bicyclic) bond motifs is 1. The van der Waals surface area contributed by atoms with Crippen LogP contribution >= 0.6 is 0 Å². The van der Waals surface area contributed by atoms with Gasteiger partial charge in [0.15, 0.2) is 0 Å². The van der Waals surface area contributed by atoms with Crippen LogP contribution in [0.3, 0.4) is 0 Å². The Hall–Kier alpha value is -1.50. The normalized spacial score (nSPS) is 10.4. The molecule has 0 fully saturated rings. The zero-order valence-electron chi connectivity index (χ0n) is 7.00. The molecule has 0 amide bonds. The molecule has 0 aliphatic rings. The van der Waals surface area contributed by atoms with Crippen LogP contribution in [-0.2, 0) is 0 Å². The van der Waals surface area contributed by atoms with Gasteiger partial charge in [-0.2, -0.15) is 0 Å². The Morgan fingerprint density at radius 3 is 2.83 bits per heavy atom. The molecule has 12 heavy (non-hydrogen) atoms. The van der Waals surface area contributed by atoms with Crippen molar-refractivity contribution >= 4 is 16.5 Å². The number of furan rings is 1. The van der Waals surface area contributed by atoms with Gasteiger partial charge in [0, 0.05) is 10.9 Å². The molecule has 0 spiro atoms. The number of hydrogen-bond acceptors (Lipinski definition) is 1. The van der Waals surface area contributed by atoms with Gasteiger partial charge in [-0.25, -0.2) is 0 Å². The van der Waals surface area contributed by atoms with Crippen LogP contribution in [0.5, 0.6) is 0 Å². The summed E-state index contributed by atoms with van der Waals surface area (Å²) < 4.78 is 5.35. The molecule has 2 aromatic rings. The van der Waals surface area contributed by atoms with Gasteiger partial charge in [0.05, 0.1) is 6.26 Å². The predicted octanol–water partition coefficient (Wildman–Crippen LogP) is 3.47. The van der Waals surface area contributed by atoms with Gasteiger partial charge in [-0.05, 0) is 18.6 Å². The molecule has 1 nitrogen and oxygen atoms in total. The van der Waals surface area contributed by atoms with Gasteiger partial charge in [0.2, 0.25) is 0 Å². The van der Waals surface area contributed by atoms with Crippen molar-refractivity contribution in [2.75, 3.05) is 0 Å². The van der Waals surface area contributed by atoms with Crippen molar-refractivity contribution in [1.29, 1.82) is 0 Å². The summed E-state index contributed by atoms with van der Waals surface area (Å²) in [5, 5.41) is 1.14. The van der Waals surface area contributed by atoms with E-state index in [1.807, 2.05) is 31.2 Å². The molecule has 0 unspecified atom stereocenters. The lowest BCUT2D eigenvalue weighted by Gasteiger charge is -1.92. The van der Waals surface area contributed by atoms with Crippen LogP contribution in [0, 0.1) is 0 Å². The smallest absolute Gasteiger partial charge is 0.134 e. The van der Waals surface area contributed by atoms with Crippen molar-refractivity contribution in [2.45, 2.75) is 6.92 Å². The lowest BCUT2D eigenvalue weighted by Crippen LogP contribution is -1.71. The van der Waals surface area contributed by atoms with E-state index in [2.05, 4.69) is 6.58 Å². The monoisotopic (exact) mass is 158 g/mol. The topological polar surface area (TPSA) is 13.1 Å². The maximum Gasteiger partial charge on any atom is 0.134 e. The fraction of sp³-hybridized carbons (Fsp3) is 0.0909. The molecular formula is C11H10O. The van der Waals surface area contributed by atoms with E-state index in [9.17, 15) is 0 Å². The minimum absolute atomic E-state index is 0.926. The Balaban J connectivity index is 2.79. The van der Waals surface area contributed by atoms with Crippen molar-refractivity contribution in [2.24, 2.45) is 0 Å². The molecule has 0 saturated heterocycles. The summed E-state index contributed by atoms with van der Waals surface area (Å²) in [7, 11) is 0. The lowest BCUT2D eigenvalue weighted by atomic mass is 10.1. The Morgan fingerprint density at radius 2 is 2.08 bits per heavy atom. The molecule has 0 N–H and O–H groups in total. The minimum atomic E-state index is 0.926. The second kappa shape index (κ2) is 2.52. The maximum absolute atomic E-state index is 5.35. The molecule has 0 aliphatic heterocycles. The van der Waals surface area contributed by atoms with E-state index in [-0.39, 0.29) is 0 Å². The largest absolute Gasteiger partial charge is 0.464 e. The number of para-hydroxylation sites is 1. The summed E-state index contributed by atoms with van der Waals surface area (Å²) in [6.45, 7) is 5.87. The van der Waals surface area contributed by atoms with E-state index in [4.69, 9.17) is 4.42 Å². The van der Waals surface area contributed by atoms with Gasteiger partial charge < -0.3 is 4.42 Å². The first-order chi connectivity index (χ1) is 5.79. The SMILES string of the molecule is C=C(C)c1coc2ccccc12. The van der Waals surface area contributed by atoms with Crippen molar-refractivity contribution in [3.63, 3.8) is 0 Å². The highest BCUT2D eigenvalue weighted by Gasteiger charge is 2.03. The van der Waals surface area contributed by atoms with E-state index < -0.39 is 0 Å². The van der Waals surface area contributed by atoms with Gasteiger partial charge in [-0.1, -0.05) is 24.8 Å². The Kier molecular flexibility index (Phi) is 1.51. The highest BCUT2D eigenvalue weighted by atomic mass is 16.3. The molecule has 1 aromatic heterocycles. The molecule has 0 saturated carbocycles. The minimum Gasteiger partial charge on any atom is -0.464 e. The van der Waals surface area contributed by atoms with Crippen LogP contribution in [-0.4, -0.2) is 0 Å². The Morgan fingerprint density at radius 1 is 1.33 bits per heavy atom. The lowest BCUT2D eigenvalue weighted by molar-refractivity contribution is 0.614. The summed E-state index contributed by atoms with van der Waals surface area (Å²) in [6, 6.07) is 7.98. The molecule has 0 bridgehead atoms. The third-order valence-electron chi connectivity index (χ3n) is 1.94. The van der Waals surface area contributed by atoms with Gasteiger partial charge in [0.1, 0.15) is 5.58 Å². The molecule has 1 heterocycles. The van der Waals surface area contributed by atoms with E-state index in [0.717, 1.165) is 22.1 Å². The zero-order chi connectivity index (χ0) is 8.55. The quantitative estimate of drug-likeness (QED) is 0.619. The van der Waals surface area contributed by atoms with Crippen molar-refractivity contribution in [3.8, 4) is 0 Å². The molecule has 0 aliphatic carbocycles. The number of benzene rings is 1. The highest BCUT2D eigenvalue weighted by molar-refractivity contribution is 5.89. The molecule has 0 radical (unpaired) electrons. The van der Waals surface area contributed by atoms with Gasteiger partial charge in [0.25, 0.3) is 0 Å². The van der Waals surface area contributed by atoms with Gasteiger partial charge in [-0.3, -0.25) is 0 Å². The first kappa shape index (κ1) is 7.17. The first-order valence-corrected chi connectivity index (χ1v) is 3.91. The zero-order valence-corrected chi connectivity index (χ0v) is 7.00. The summed E-state index contributed by atoms with van der Waals surface area (Å²) in [5.41, 5.74) is 3.07. The Bertz CT molecular complexity index is 423. The third kappa shape index (κ3) is 0.944. The number of hydrogen-bond donors (Lipinski definition) is 0. The average molecular weight is 158 g/mol. The fourth-order valence-electron chi connectivity index (χ4n) is 1.31. The first-order valence-electron chi connectivity index (χ1n) is 3.91. The van der Waals surface area contributed by atoms with Gasteiger partial charge >= 0.3 is 0 Å². The second-order valence-corrected chi connectivity index (χ2v) is 2.93. The van der Waals surface area contributed by atoms with Crippen molar-refractivity contribution < 1.29 is 4.42 Å². The summed E-state index contributed by atoms with van der Waals surface area (Å²) in [5.74, 6) is 0. The summed E-state index contributed by atoms with van der Waals surface area (Å²) >= 11 is 0. The Labute approximate surface area is 71.3 Å². The van der Waals surface area contributed by atoms with Crippen LogP contribution in [0.2, 0.25) is 0 Å². The van der Waals surface area contributed by atoms with E-state index in [0.29, 0.717) is 0 Å². The highest BCUT2D eigenvalue weighted by Crippen LogP contribution is 2.25. The fourth-order valence-corrected chi connectivity index (χ4v) is 1.31. The maximum atomic E-state index is 5.35. The van der Waals surface area contributed by atoms with Crippen LogP contribution in [0.4, 0.5) is 0 Å². The molecule has 60 valence electrons. The van der Waals surface area contributed by atoms with Gasteiger partial charge in [-0.15, -0.1) is 0 Å².